The van der Waals surface area contributed by atoms with Crippen molar-refractivity contribution in [2.45, 2.75) is 26.3 Å². The lowest BCUT2D eigenvalue weighted by Gasteiger charge is -2.06. The molecule has 4 heteroatoms. The van der Waals surface area contributed by atoms with Crippen LogP contribution in [-0.4, -0.2) is 11.9 Å². The fourth-order valence-corrected chi connectivity index (χ4v) is 1.03. The number of carbonyl (C=O) groups is 1. The lowest BCUT2D eigenvalue weighted by molar-refractivity contribution is 0.0944. The van der Waals surface area contributed by atoms with Crippen LogP contribution in [-0.2, 0) is 0 Å². The maximum absolute atomic E-state index is 11.5. The minimum absolute atomic E-state index is 0.268. The van der Waals surface area contributed by atoms with Crippen molar-refractivity contribution in [2.75, 3.05) is 0 Å². The van der Waals surface area contributed by atoms with E-state index in [1.165, 1.54) is 6.26 Å². The van der Waals surface area contributed by atoms with E-state index in [2.05, 4.69) is 5.32 Å². The van der Waals surface area contributed by atoms with Gasteiger partial charge in [-0.3, -0.25) is 4.79 Å². The first-order valence-corrected chi connectivity index (χ1v) is 4.43. The predicted octanol–water partition coefficient (Wildman–Crippen LogP) is 1.62. The lowest BCUT2D eigenvalue weighted by atomic mass is 10.2. The zero-order chi connectivity index (χ0) is 10.6. The summed E-state index contributed by atoms with van der Waals surface area (Å²) in [6, 6.07) is 3.20. The highest BCUT2D eigenvalue weighted by Crippen LogP contribution is 2.06. The molecule has 1 heterocycles. The second kappa shape index (κ2) is 4.47. The molecule has 1 aromatic heterocycles. The van der Waals surface area contributed by atoms with E-state index < -0.39 is 6.04 Å². The number of hydrogen-bond donors (Lipinski definition) is 1. The molecule has 0 saturated carbocycles. The molecule has 74 valence electrons. The summed E-state index contributed by atoms with van der Waals surface area (Å²) in [5.74, 6) is 0.412. The fourth-order valence-electron chi connectivity index (χ4n) is 1.03. The van der Waals surface area contributed by atoms with Crippen molar-refractivity contribution >= 4 is 5.91 Å². The van der Waals surface area contributed by atoms with Crippen molar-refractivity contribution in [3.05, 3.63) is 23.7 Å². The van der Waals surface area contributed by atoms with Crippen LogP contribution >= 0.6 is 0 Å². The Morgan fingerprint density at radius 2 is 2.50 bits per heavy atom. The highest BCUT2D eigenvalue weighted by Gasteiger charge is 2.12. The third-order valence-corrected chi connectivity index (χ3v) is 1.86. The van der Waals surface area contributed by atoms with E-state index in [0.717, 1.165) is 0 Å². The Hall–Kier alpha value is -1.76. The van der Waals surface area contributed by atoms with Gasteiger partial charge in [-0.2, -0.15) is 5.26 Å². The van der Waals surface area contributed by atoms with Gasteiger partial charge in [0.05, 0.1) is 11.6 Å². The molecule has 0 aromatic carbocycles. The number of rotatable bonds is 3. The topological polar surface area (TPSA) is 66.0 Å². The van der Waals surface area contributed by atoms with E-state index in [-0.39, 0.29) is 5.91 Å². The molecular formula is C10H12N2O2. The molecule has 4 nitrogen and oxygen atoms in total. The molecular weight excluding hydrogens is 180 g/mol. The zero-order valence-corrected chi connectivity index (χ0v) is 8.20. The average molecular weight is 192 g/mol. The van der Waals surface area contributed by atoms with Crippen molar-refractivity contribution in [3.63, 3.8) is 0 Å². The molecule has 0 aliphatic rings. The molecule has 1 N–H and O–H groups in total. The van der Waals surface area contributed by atoms with Crippen molar-refractivity contribution < 1.29 is 9.21 Å². The van der Waals surface area contributed by atoms with Gasteiger partial charge in [-0.05, 0) is 19.4 Å². The van der Waals surface area contributed by atoms with Gasteiger partial charge < -0.3 is 9.73 Å². The Labute approximate surface area is 82.5 Å². The summed E-state index contributed by atoms with van der Waals surface area (Å²) in [7, 11) is 0. The molecule has 1 unspecified atom stereocenters. The SMILES string of the molecule is CCC(C#N)NC(=O)c1coc(C)c1. The molecule has 1 rings (SSSR count). The van der Waals surface area contributed by atoms with Crippen LogP contribution in [0.3, 0.4) is 0 Å². The van der Waals surface area contributed by atoms with Crippen LogP contribution < -0.4 is 5.32 Å². The number of nitrogens with one attached hydrogen (secondary N) is 1. The standard InChI is InChI=1S/C10H12N2O2/c1-3-9(5-11)12-10(13)8-4-7(2)14-6-8/h4,6,9H,3H2,1-2H3,(H,12,13). The smallest absolute Gasteiger partial charge is 0.255 e. The van der Waals surface area contributed by atoms with E-state index in [9.17, 15) is 4.79 Å². The van der Waals surface area contributed by atoms with E-state index in [1.807, 2.05) is 13.0 Å². The zero-order valence-electron chi connectivity index (χ0n) is 8.20. The summed E-state index contributed by atoms with van der Waals surface area (Å²) < 4.78 is 4.99. The second-order valence-corrected chi connectivity index (χ2v) is 3.01. The highest BCUT2D eigenvalue weighted by molar-refractivity contribution is 5.94. The van der Waals surface area contributed by atoms with Gasteiger partial charge in [-0.1, -0.05) is 6.92 Å². The van der Waals surface area contributed by atoms with Crippen LogP contribution in [0.4, 0.5) is 0 Å². The van der Waals surface area contributed by atoms with Crippen molar-refractivity contribution in [1.29, 1.82) is 5.26 Å². The van der Waals surface area contributed by atoms with Gasteiger partial charge in [0.2, 0.25) is 0 Å². The number of nitrogens with zero attached hydrogens (tertiary/aromatic N) is 1. The van der Waals surface area contributed by atoms with Gasteiger partial charge in [0.25, 0.3) is 5.91 Å². The van der Waals surface area contributed by atoms with E-state index in [0.29, 0.717) is 17.7 Å². The molecule has 0 aliphatic heterocycles. The molecule has 1 aromatic rings. The molecule has 0 bridgehead atoms. The average Bonchev–Trinajstić information content (AvgIpc) is 2.61. The third-order valence-electron chi connectivity index (χ3n) is 1.86. The quantitative estimate of drug-likeness (QED) is 0.791. The largest absolute Gasteiger partial charge is 0.469 e. The van der Waals surface area contributed by atoms with Crippen LogP contribution in [0.1, 0.15) is 29.5 Å². The van der Waals surface area contributed by atoms with Crippen molar-refractivity contribution in [3.8, 4) is 6.07 Å². The summed E-state index contributed by atoms with van der Waals surface area (Å²) in [5, 5.41) is 11.2. The summed E-state index contributed by atoms with van der Waals surface area (Å²) in [4.78, 5) is 11.5. The van der Waals surface area contributed by atoms with Gasteiger partial charge in [-0.25, -0.2) is 0 Å². The Morgan fingerprint density at radius 1 is 1.79 bits per heavy atom. The van der Waals surface area contributed by atoms with Gasteiger partial charge >= 0.3 is 0 Å². The first-order chi connectivity index (χ1) is 6.67. The number of amides is 1. The highest BCUT2D eigenvalue weighted by atomic mass is 16.3. The maximum Gasteiger partial charge on any atom is 0.255 e. The predicted molar refractivity (Wildman–Crippen MR) is 50.6 cm³/mol. The van der Waals surface area contributed by atoms with Gasteiger partial charge in [0.15, 0.2) is 0 Å². The van der Waals surface area contributed by atoms with Gasteiger partial charge in [0, 0.05) is 0 Å². The molecule has 14 heavy (non-hydrogen) atoms. The van der Waals surface area contributed by atoms with Gasteiger partial charge in [0.1, 0.15) is 18.1 Å². The summed E-state index contributed by atoms with van der Waals surface area (Å²) in [6.45, 7) is 3.60. The van der Waals surface area contributed by atoms with Gasteiger partial charge in [-0.15, -0.1) is 0 Å². The fraction of sp³-hybridized carbons (Fsp3) is 0.400. The van der Waals surface area contributed by atoms with Crippen LogP contribution in [0.15, 0.2) is 16.7 Å². The van der Waals surface area contributed by atoms with Crippen LogP contribution in [0.25, 0.3) is 0 Å². The lowest BCUT2D eigenvalue weighted by Crippen LogP contribution is -2.32. The number of hydrogen-bond acceptors (Lipinski definition) is 3. The minimum atomic E-state index is -0.433. The summed E-state index contributed by atoms with van der Waals surface area (Å²) in [6.07, 6.45) is 1.98. The Bertz CT molecular complexity index is 362. The molecule has 0 saturated heterocycles. The van der Waals surface area contributed by atoms with Crippen molar-refractivity contribution in [2.24, 2.45) is 0 Å². The second-order valence-electron chi connectivity index (χ2n) is 3.01. The molecule has 0 fully saturated rings. The Morgan fingerprint density at radius 3 is 2.93 bits per heavy atom. The Balaban J connectivity index is 2.64. The van der Waals surface area contributed by atoms with Crippen LogP contribution in [0, 0.1) is 18.3 Å². The maximum atomic E-state index is 11.5. The molecule has 0 radical (unpaired) electrons. The number of aryl methyl sites for hydroxylation is 1. The molecule has 1 atom stereocenters. The van der Waals surface area contributed by atoms with Crippen molar-refractivity contribution in [1.82, 2.24) is 5.32 Å². The molecule has 1 amide bonds. The van der Waals surface area contributed by atoms with E-state index >= 15 is 0 Å². The molecule has 0 spiro atoms. The molecule has 0 aliphatic carbocycles. The van der Waals surface area contributed by atoms with Crippen LogP contribution in [0.2, 0.25) is 0 Å². The first kappa shape index (κ1) is 10.3. The monoisotopic (exact) mass is 192 g/mol. The third kappa shape index (κ3) is 2.36. The minimum Gasteiger partial charge on any atom is -0.469 e. The number of carbonyl (C=O) groups excluding carboxylic acids is 1. The van der Waals surface area contributed by atoms with E-state index in [1.54, 1.807) is 13.0 Å². The number of nitriles is 1. The first-order valence-electron chi connectivity index (χ1n) is 4.43. The Kier molecular flexibility index (Phi) is 3.29. The van der Waals surface area contributed by atoms with E-state index in [4.69, 9.17) is 9.68 Å². The normalized spacial score (nSPS) is 11.8. The number of furan rings is 1. The summed E-state index contributed by atoms with van der Waals surface area (Å²) in [5.41, 5.74) is 0.455. The van der Waals surface area contributed by atoms with Crippen LogP contribution in [0.5, 0.6) is 0 Å². The summed E-state index contributed by atoms with van der Waals surface area (Å²) >= 11 is 0.